The van der Waals surface area contributed by atoms with E-state index in [1.165, 1.54) is 11.1 Å². The molecule has 7 heteroatoms. The summed E-state index contributed by atoms with van der Waals surface area (Å²) in [4.78, 5) is 19.7. The van der Waals surface area contributed by atoms with Crippen LogP contribution in [-0.2, 0) is 4.79 Å². The molecule has 2 atom stereocenters. The summed E-state index contributed by atoms with van der Waals surface area (Å²) in [5.41, 5.74) is 8.67. The van der Waals surface area contributed by atoms with Gasteiger partial charge in [0.15, 0.2) is 5.11 Å². The van der Waals surface area contributed by atoms with Crippen LogP contribution < -0.4 is 10.6 Å². The van der Waals surface area contributed by atoms with Gasteiger partial charge in [0.1, 0.15) is 0 Å². The van der Waals surface area contributed by atoms with Crippen LogP contribution in [0.2, 0.25) is 0 Å². The predicted octanol–water partition coefficient (Wildman–Crippen LogP) is 6.11. The molecule has 1 saturated heterocycles. The summed E-state index contributed by atoms with van der Waals surface area (Å²) in [6.07, 6.45) is 2.13. The average Bonchev–Trinajstić information content (AvgIpc) is 3.37. The third-order valence-corrected chi connectivity index (χ3v) is 7.48. The van der Waals surface area contributed by atoms with Gasteiger partial charge in [-0.15, -0.1) is 0 Å². The van der Waals surface area contributed by atoms with Gasteiger partial charge in [0.05, 0.1) is 17.8 Å². The molecule has 1 aliphatic rings. The number of amides is 1. The molecular weight excluding hydrogens is 490 g/mol. The molecule has 194 valence electrons. The van der Waals surface area contributed by atoms with Gasteiger partial charge in [0.25, 0.3) is 0 Å². The van der Waals surface area contributed by atoms with Crippen LogP contribution in [0.1, 0.15) is 52.3 Å². The quantitative estimate of drug-likeness (QED) is 0.286. The molecule has 6 nitrogen and oxygen atoms in total. The fraction of sp³-hybridized carbons (Fsp3) is 0.258. The van der Waals surface area contributed by atoms with E-state index in [0.717, 1.165) is 34.0 Å². The van der Waals surface area contributed by atoms with Crippen LogP contribution in [0.15, 0.2) is 79.0 Å². The lowest BCUT2D eigenvalue weighted by Gasteiger charge is -2.28. The topological polar surface area (TPSA) is 62.2 Å². The first-order chi connectivity index (χ1) is 18.3. The molecule has 1 amide bonds. The Morgan fingerprint density at radius 2 is 1.74 bits per heavy atom. The Balaban J connectivity index is 1.47. The van der Waals surface area contributed by atoms with Crippen molar-refractivity contribution in [2.75, 3.05) is 11.9 Å². The first-order valence-electron chi connectivity index (χ1n) is 12.9. The van der Waals surface area contributed by atoms with Gasteiger partial charge in [-0.25, -0.2) is 0 Å². The van der Waals surface area contributed by atoms with Crippen LogP contribution in [0.25, 0.3) is 5.69 Å². The number of benzene rings is 2. The molecule has 0 radical (unpaired) electrons. The van der Waals surface area contributed by atoms with Gasteiger partial charge in [-0.3, -0.25) is 9.78 Å². The van der Waals surface area contributed by atoms with E-state index in [2.05, 4.69) is 76.2 Å². The zero-order valence-corrected chi connectivity index (χ0v) is 23.0. The Morgan fingerprint density at radius 3 is 2.45 bits per heavy atom. The SMILES string of the molecule is Cc1cccc(NC(=O)CCN2C(=S)N[C@H](c3ccccn3)[C@H]2c2cc(C)n(-c3cccc(C)c3)c2C)c1. The van der Waals surface area contributed by atoms with Gasteiger partial charge in [0.2, 0.25) is 5.91 Å². The van der Waals surface area contributed by atoms with E-state index in [1.807, 2.05) is 55.6 Å². The average molecular weight is 524 g/mol. The van der Waals surface area contributed by atoms with E-state index >= 15 is 0 Å². The van der Waals surface area contributed by atoms with Crippen molar-refractivity contribution in [2.45, 2.75) is 46.2 Å². The monoisotopic (exact) mass is 523 g/mol. The fourth-order valence-electron chi connectivity index (χ4n) is 5.40. The maximum atomic E-state index is 12.9. The normalized spacial score (nSPS) is 16.9. The summed E-state index contributed by atoms with van der Waals surface area (Å²) in [5, 5.41) is 7.17. The van der Waals surface area contributed by atoms with Gasteiger partial charge in [-0.2, -0.15) is 0 Å². The zero-order valence-electron chi connectivity index (χ0n) is 22.2. The van der Waals surface area contributed by atoms with Gasteiger partial charge in [-0.1, -0.05) is 30.3 Å². The minimum atomic E-state index is -0.130. The number of hydrogen-bond acceptors (Lipinski definition) is 3. The summed E-state index contributed by atoms with van der Waals surface area (Å²) in [5.74, 6) is -0.0383. The van der Waals surface area contributed by atoms with Gasteiger partial charge >= 0.3 is 0 Å². The number of aromatic nitrogens is 2. The van der Waals surface area contributed by atoms with Crippen molar-refractivity contribution in [3.8, 4) is 5.69 Å². The maximum Gasteiger partial charge on any atom is 0.226 e. The Morgan fingerprint density at radius 1 is 0.974 bits per heavy atom. The van der Waals surface area contributed by atoms with Crippen molar-refractivity contribution >= 4 is 28.9 Å². The number of anilines is 1. The Hall–Kier alpha value is -3.97. The molecule has 0 unspecified atom stereocenters. The van der Waals surface area contributed by atoms with Crippen molar-refractivity contribution in [1.82, 2.24) is 19.8 Å². The third kappa shape index (κ3) is 5.20. The smallest absolute Gasteiger partial charge is 0.226 e. The molecule has 2 aromatic carbocycles. The van der Waals surface area contributed by atoms with E-state index in [1.54, 1.807) is 0 Å². The van der Waals surface area contributed by atoms with Crippen molar-refractivity contribution in [3.05, 3.63) is 113 Å². The summed E-state index contributed by atoms with van der Waals surface area (Å²) < 4.78 is 2.29. The van der Waals surface area contributed by atoms with E-state index in [-0.39, 0.29) is 18.0 Å². The van der Waals surface area contributed by atoms with E-state index < -0.39 is 0 Å². The Labute approximate surface area is 229 Å². The van der Waals surface area contributed by atoms with Crippen LogP contribution in [0.3, 0.4) is 0 Å². The molecule has 0 bridgehead atoms. The largest absolute Gasteiger partial charge is 0.352 e. The highest BCUT2D eigenvalue weighted by Gasteiger charge is 2.41. The number of aryl methyl sites for hydroxylation is 3. The van der Waals surface area contributed by atoms with Crippen molar-refractivity contribution < 1.29 is 4.79 Å². The number of nitrogens with one attached hydrogen (secondary N) is 2. The molecule has 0 spiro atoms. The van der Waals surface area contributed by atoms with Crippen LogP contribution in [0.4, 0.5) is 5.69 Å². The van der Waals surface area contributed by atoms with Crippen molar-refractivity contribution in [1.29, 1.82) is 0 Å². The minimum Gasteiger partial charge on any atom is -0.352 e. The highest BCUT2D eigenvalue weighted by molar-refractivity contribution is 7.80. The predicted molar refractivity (Wildman–Crippen MR) is 157 cm³/mol. The van der Waals surface area contributed by atoms with Crippen LogP contribution >= 0.6 is 12.2 Å². The van der Waals surface area contributed by atoms with Crippen molar-refractivity contribution in [3.63, 3.8) is 0 Å². The van der Waals surface area contributed by atoms with E-state index in [0.29, 0.717) is 18.1 Å². The van der Waals surface area contributed by atoms with Gasteiger partial charge in [-0.05, 0) is 99.1 Å². The summed E-state index contributed by atoms with van der Waals surface area (Å²) in [6, 6.07) is 24.3. The van der Waals surface area contributed by atoms with Gasteiger partial charge in [0, 0.05) is 41.9 Å². The number of pyridine rings is 1. The summed E-state index contributed by atoms with van der Waals surface area (Å²) in [6.45, 7) is 8.91. The van der Waals surface area contributed by atoms with Crippen molar-refractivity contribution in [2.24, 2.45) is 0 Å². The first-order valence-corrected chi connectivity index (χ1v) is 13.3. The molecule has 2 N–H and O–H groups in total. The standard InChI is InChI=1S/C31H33N5OS/c1-20-9-7-11-24(17-20)33-28(37)14-16-35-30(29(34-31(35)38)27-13-5-6-15-32-27)26-19-22(3)36(23(26)4)25-12-8-10-21(2)18-25/h5-13,15,17-19,29-30H,14,16H2,1-4H3,(H,33,37)(H,34,38)/t29-,30-/m1/s1. The lowest BCUT2D eigenvalue weighted by Crippen LogP contribution is -2.32. The Bertz CT molecular complexity index is 1480. The first kappa shape index (κ1) is 25.7. The number of thiocarbonyl (C=S) groups is 1. The van der Waals surface area contributed by atoms with Gasteiger partial charge < -0.3 is 20.1 Å². The second-order valence-electron chi connectivity index (χ2n) is 9.99. The third-order valence-electron chi connectivity index (χ3n) is 7.13. The fourth-order valence-corrected chi connectivity index (χ4v) is 5.74. The zero-order chi connectivity index (χ0) is 26.8. The molecule has 1 aliphatic heterocycles. The summed E-state index contributed by atoms with van der Waals surface area (Å²) in [7, 11) is 0. The van der Waals surface area contributed by atoms with E-state index in [4.69, 9.17) is 12.2 Å². The lowest BCUT2D eigenvalue weighted by atomic mass is 9.96. The molecular formula is C31H33N5OS. The van der Waals surface area contributed by atoms with Crippen LogP contribution in [0.5, 0.6) is 0 Å². The molecule has 2 aromatic heterocycles. The molecule has 0 aliphatic carbocycles. The highest BCUT2D eigenvalue weighted by atomic mass is 32.1. The number of carbonyl (C=O) groups is 1. The van der Waals surface area contributed by atoms with E-state index in [9.17, 15) is 4.79 Å². The molecule has 1 fully saturated rings. The molecule has 0 saturated carbocycles. The number of rotatable bonds is 7. The van der Waals surface area contributed by atoms with Crippen LogP contribution in [0, 0.1) is 27.7 Å². The number of hydrogen-bond donors (Lipinski definition) is 2. The Kier molecular flexibility index (Phi) is 7.29. The van der Waals surface area contributed by atoms with Crippen LogP contribution in [-0.4, -0.2) is 32.0 Å². The molecule has 38 heavy (non-hydrogen) atoms. The number of nitrogens with zero attached hydrogens (tertiary/aromatic N) is 3. The minimum absolute atomic E-state index is 0.0383. The lowest BCUT2D eigenvalue weighted by molar-refractivity contribution is -0.116. The summed E-state index contributed by atoms with van der Waals surface area (Å²) >= 11 is 5.84. The highest BCUT2D eigenvalue weighted by Crippen LogP contribution is 2.41. The molecule has 4 aromatic rings. The molecule has 3 heterocycles. The maximum absolute atomic E-state index is 12.9. The number of carbonyl (C=O) groups excluding carboxylic acids is 1. The second kappa shape index (κ2) is 10.8. The second-order valence-corrected chi connectivity index (χ2v) is 10.4. The molecule has 5 rings (SSSR count).